The monoisotopic (exact) mass is 413 g/mol. The first-order valence-corrected chi connectivity index (χ1v) is 9.65. The summed E-state index contributed by atoms with van der Waals surface area (Å²) >= 11 is 0. The van der Waals surface area contributed by atoms with Gasteiger partial charge in [-0.05, 0) is 36.8 Å². The summed E-state index contributed by atoms with van der Waals surface area (Å²) in [5.74, 6) is -1.97. The van der Waals surface area contributed by atoms with Gasteiger partial charge in [-0.15, -0.1) is 0 Å². The van der Waals surface area contributed by atoms with Gasteiger partial charge in [-0.3, -0.25) is 0 Å². The van der Waals surface area contributed by atoms with Crippen LogP contribution in [0.25, 0.3) is 0 Å². The molecule has 0 aliphatic heterocycles. The van der Waals surface area contributed by atoms with Crippen LogP contribution in [0.4, 0.5) is 19.3 Å². The largest absolute Gasteiger partial charge is 0.383 e. The van der Waals surface area contributed by atoms with Crippen LogP contribution in [0.5, 0.6) is 0 Å². The standard InChI is InChI=1S/C23H25F2N3O2/c1-17-5-7-18(8-6-17)15-27-11-3-4-20(27)16-28(12-13-30-2)23(29)26-19-9-10-21(24)22(25)14-19/h3-11,14H,12-13,15-16H2,1-2H3,(H,26,29). The molecule has 0 spiro atoms. The third-order valence-electron chi connectivity index (χ3n) is 4.77. The Morgan fingerprint density at radius 1 is 1.10 bits per heavy atom. The number of carbonyl (C=O) groups excluding carboxylic acids is 1. The smallest absolute Gasteiger partial charge is 0.322 e. The number of urea groups is 1. The summed E-state index contributed by atoms with van der Waals surface area (Å²) in [6.45, 7) is 3.78. The van der Waals surface area contributed by atoms with Crippen molar-refractivity contribution in [1.82, 2.24) is 9.47 Å². The molecule has 0 bridgehead atoms. The quantitative estimate of drug-likeness (QED) is 0.576. The highest BCUT2D eigenvalue weighted by Gasteiger charge is 2.17. The molecule has 2 amide bonds. The fraction of sp³-hybridized carbons (Fsp3) is 0.261. The Labute approximate surface area is 174 Å². The molecule has 0 unspecified atom stereocenters. The number of methoxy groups -OCH3 is 1. The van der Waals surface area contributed by atoms with Gasteiger partial charge in [-0.1, -0.05) is 29.8 Å². The van der Waals surface area contributed by atoms with Crippen LogP contribution in [0.3, 0.4) is 0 Å². The van der Waals surface area contributed by atoms with Gasteiger partial charge in [0.05, 0.1) is 13.2 Å². The van der Waals surface area contributed by atoms with E-state index in [1.807, 2.05) is 25.3 Å². The summed E-state index contributed by atoms with van der Waals surface area (Å²) in [4.78, 5) is 14.4. The minimum absolute atomic E-state index is 0.191. The minimum Gasteiger partial charge on any atom is -0.383 e. The molecule has 3 rings (SSSR count). The number of hydrogen-bond donors (Lipinski definition) is 1. The van der Waals surface area contributed by atoms with Gasteiger partial charge in [-0.25, -0.2) is 13.6 Å². The van der Waals surface area contributed by atoms with Crippen LogP contribution in [0.1, 0.15) is 16.8 Å². The van der Waals surface area contributed by atoms with Crippen LogP contribution in [0.2, 0.25) is 0 Å². The van der Waals surface area contributed by atoms with Crippen molar-refractivity contribution in [2.24, 2.45) is 0 Å². The van der Waals surface area contributed by atoms with Gasteiger partial charge in [0.25, 0.3) is 0 Å². The van der Waals surface area contributed by atoms with Crippen molar-refractivity contribution in [2.75, 3.05) is 25.6 Å². The number of carbonyl (C=O) groups is 1. The van der Waals surface area contributed by atoms with Gasteiger partial charge >= 0.3 is 6.03 Å². The molecule has 2 aromatic carbocycles. The van der Waals surface area contributed by atoms with Gasteiger partial charge in [0.15, 0.2) is 11.6 Å². The minimum atomic E-state index is -1.01. The van der Waals surface area contributed by atoms with Crippen molar-refractivity contribution in [1.29, 1.82) is 0 Å². The molecule has 1 heterocycles. The lowest BCUT2D eigenvalue weighted by molar-refractivity contribution is 0.152. The summed E-state index contributed by atoms with van der Waals surface area (Å²) < 4.78 is 33.8. The van der Waals surface area contributed by atoms with Gasteiger partial charge in [0.1, 0.15) is 0 Å². The summed E-state index contributed by atoms with van der Waals surface area (Å²) in [5, 5.41) is 2.62. The molecule has 0 aliphatic carbocycles. The van der Waals surface area contributed by atoms with Crippen molar-refractivity contribution in [3.8, 4) is 0 Å². The average molecular weight is 413 g/mol. The van der Waals surface area contributed by atoms with E-state index in [4.69, 9.17) is 4.74 Å². The third kappa shape index (κ3) is 5.67. The number of ether oxygens (including phenoxy) is 1. The number of benzene rings is 2. The third-order valence-corrected chi connectivity index (χ3v) is 4.77. The van der Waals surface area contributed by atoms with E-state index in [-0.39, 0.29) is 5.69 Å². The van der Waals surface area contributed by atoms with E-state index in [0.29, 0.717) is 26.2 Å². The first kappa shape index (κ1) is 21.5. The van der Waals surface area contributed by atoms with E-state index in [9.17, 15) is 13.6 Å². The van der Waals surface area contributed by atoms with E-state index in [2.05, 4.69) is 34.1 Å². The molecule has 30 heavy (non-hydrogen) atoms. The molecule has 7 heteroatoms. The summed E-state index contributed by atoms with van der Waals surface area (Å²) in [6, 6.07) is 15.0. The molecule has 158 valence electrons. The van der Waals surface area contributed by atoms with Crippen molar-refractivity contribution in [3.63, 3.8) is 0 Å². The molecule has 0 saturated heterocycles. The van der Waals surface area contributed by atoms with Crippen LogP contribution in [0, 0.1) is 18.6 Å². The summed E-state index contributed by atoms with van der Waals surface area (Å²) in [6.07, 6.45) is 1.97. The van der Waals surface area contributed by atoms with Crippen LogP contribution < -0.4 is 5.32 Å². The fourth-order valence-corrected chi connectivity index (χ4v) is 3.06. The zero-order valence-corrected chi connectivity index (χ0v) is 17.1. The second-order valence-corrected chi connectivity index (χ2v) is 7.09. The lowest BCUT2D eigenvalue weighted by Gasteiger charge is -2.24. The van der Waals surface area contributed by atoms with Crippen LogP contribution in [-0.4, -0.2) is 35.8 Å². The normalized spacial score (nSPS) is 10.8. The Morgan fingerprint density at radius 2 is 1.87 bits per heavy atom. The van der Waals surface area contributed by atoms with Crippen LogP contribution in [-0.2, 0) is 17.8 Å². The van der Waals surface area contributed by atoms with Crippen molar-refractivity contribution >= 4 is 11.7 Å². The second kappa shape index (κ2) is 10.0. The molecular weight excluding hydrogens is 388 g/mol. The SMILES string of the molecule is COCCN(Cc1cccn1Cc1ccc(C)cc1)C(=O)Nc1ccc(F)c(F)c1. The fourth-order valence-electron chi connectivity index (χ4n) is 3.06. The number of nitrogens with zero attached hydrogens (tertiary/aromatic N) is 2. The number of aryl methyl sites for hydroxylation is 1. The lowest BCUT2D eigenvalue weighted by Crippen LogP contribution is -2.37. The van der Waals surface area contributed by atoms with Crippen molar-refractivity contribution < 1.29 is 18.3 Å². The Bertz CT molecular complexity index is 986. The number of aromatic nitrogens is 1. The maximum atomic E-state index is 13.5. The van der Waals surface area contributed by atoms with Crippen LogP contribution >= 0.6 is 0 Å². The maximum Gasteiger partial charge on any atom is 0.322 e. The van der Waals surface area contributed by atoms with Gasteiger partial charge in [0.2, 0.25) is 0 Å². The molecule has 5 nitrogen and oxygen atoms in total. The van der Waals surface area contributed by atoms with E-state index < -0.39 is 17.7 Å². The Morgan fingerprint density at radius 3 is 2.57 bits per heavy atom. The highest BCUT2D eigenvalue weighted by atomic mass is 19.2. The summed E-state index contributed by atoms with van der Waals surface area (Å²) in [7, 11) is 1.56. The topological polar surface area (TPSA) is 46.5 Å². The highest BCUT2D eigenvalue weighted by molar-refractivity contribution is 5.89. The number of amides is 2. The number of hydrogen-bond acceptors (Lipinski definition) is 2. The number of rotatable bonds is 8. The Balaban J connectivity index is 1.73. The molecule has 0 radical (unpaired) electrons. The molecule has 3 aromatic rings. The summed E-state index contributed by atoms with van der Waals surface area (Å²) in [5.41, 5.74) is 3.50. The van der Waals surface area contributed by atoms with Crippen molar-refractivity contribution in [3.05, 3.63) is 89.2 Å². The molecular formula is C23H25F2N3O2. The number of nitrogens with one attached hydrogen (secondary N) is 1. The number of halogens is 2. The average Bonchev–Trinajstić information content (AvgIpc) is 3.16. The first-order chi connectivity index (χ1) is 14.5. The molecule has 0 saturated carbocycles. The molecule has 1 aromatic heterocycles. The predicted octanol–water partition coefficient (Wildman–Crippen LogP) is 4.80. The van der Waals surface area contributed by atoms with Gasteiger partial charge < -0.3 is 19.5 Å². The number of anilines is 1. The van der Waals surface area contributed by atoms with Gasteiger partial charge in [0, 0.05) is 43.8 Å². The second-order valence-electron chi connectivity index (χ2n) is 7.09. The zero-order chi connectivity index (χ0) is 21.5. The molecule has 0 fully saturated rings. The van der Waals surface area contributed by atoms with E-state index in [0.717, 1.165) is 23.4 Å². The van der Waals surface area contributed by atoms with Crippen LogP contribution in [0.15, 0.2) is 60.8 Å². The predicted molar refractivity (Wildman–Crippen MR) is 112 cm³/mol. The van der Waals surface area contributed by atoms with E-state index in [1.165, 1.54) is 11.6 Å². The van der Waals surface area contributed by atoms with E-state index in [1.54, 1.807) is 12.0 Å². The molecule has 0 atom stereocenters. The Hall–Kier alpha value is -3.19. The highest BCUT2D eigenvalue weighted by Crippen LogP contribution is 2.16. The maximum absolute atomic E-state index is 13.5. The first-order valence-electron chi connectivity index (χ1n) is 9.65. The molecule has 1 N–H and O–H groups in total. The lowest BCUT2D eigenvalue weighted by atomic mass is 10.1. The Kier molecular flexibility index (Phi) is 7.19. The van der Waals surface area contributed by atoms with E-state index >= 15 is 0 Å². The molecule has 0 aliphatic rings. The van der Waals surface area contributed by atoms with Crippen molar-refractivity contribution in [2.45, 2.75) is 20.0 Å². The van der Waals surface area contributed by atoms with Gasteiger partial charge in [-0.2, -0.15) is 0 Å². The zero-order valence-electron chi connectivity index (χ0n) is 17.1.